The molecule has 2 aromatic rings. The van der Waals surface area contributed by atoms with E-state index in [9.17, 15) is 13.2 Å². The van der Waals surface area contributed by atoms with Crippen molar-refractivity contribution in [2.75, 3.05) is 47.1 Å². The quantitative estimate of drug-likeness (QED) is 0.830. The number of carbonyl (C=O) groups excluding carboxylic acids is 1. The van der Waals surface area contributed by atoms with E-state index in [0.29, 0.717) is 17.7 Å². The molecule has 2 aliphatic heterocycles. The molecule has 2 heterocycles. The van der Waals surface area contributed by atoms with Crippen LogP contribution in [-0.4, -0.2) is 52.9 Å². The lowest BCUT2D eigenvalue weighted by atomic mass is 10.1. The van der Waals surface area contributed by atoms with Crippen LogP contribution >= 0.6 is 0 Å². The van der Waals surface area contributed by atoms with Gasteiger partial charge >= 0.3 is 0 Å². The monoisotopic (exact) mass is 415 g/mol. The third-order valence-corrected chi connectivity index (χ3v) is 6.62. The van der Waals surface area contributed by atoms with Gasteiger partial charge in [0.1, 0.15) is 0 Å². The van der Waals surface area contributed by atoms with E-state index in [1.54, 1.807) is 18.2 Å². The van der Waals surface area contributed by atoms with Crippen LogP contribution in [0.3, 0.4) is 0 Å². The van der Waals surface area contributed by atoms with Crippen LogP contribution < -0.4 is 14.5 Å². The second-order valence-corrected chi connectivity index (χ2v) is 9.42. The SMILES string of the molecule is CC1Cc2cc(C(=O)Nc3ccc(N4CCOCC4)cc3)ccc2N1S(C)(=O)=O. The van der Waals surface area contributed by atoms with Gasteiger partial charge in [-0.2, -0.15) is 0 Å². The van der Waals surface area contributed by atoms with Crippen molar-refractivity contribution >= 4 is 33.0 Å². The molecule has 1 saturated heterocycles. The van der Waals surface area contributed by atoms with Gasteiger partial charge in [0.15, 0.2) is 0 Å². The van der Waals surface area contributed by atoms with Crippen LogP contribution in [0.15, 0.2) is 42.5 Å². The summed E-state index contributed by atoms with van der Waals surface area (Å²) >= 11 is 0. The number of ether oxygens (including phenoxy) is 1. The zero-order valence-electron chi connectivity index (χ0n) is 16.6. The third kappa shape index (κ3) is 4.09. The molecule has 1 N–H and O–H groups in total. The lowest BCUT2D eigenvalue weighted by Crippen LogP contribution is -2.36. The normalized spacial score (nSPS) is 19.2. The molecule has 154 valence electrons. The molecule has 1 amide bonds. The molecule has 0 aliphatic carbocycles. The van der Waals surface area contributed by atoms with E-state index < -0.39 is 10.0 Å². The van der Waals surface area contributed by atoms with Crippen LogP contribution in [0.5, 0.6) is 0 Å². The van der Waals surface area contributed by atoms with Gasteiger partial charge in [-0.15, -0.1) is 0 Å². The number of carbonyl (C=O) groups is 1. The Hall–Kier alpha value is -2.58. The molecule has 2 aromatic carbocycles. The van der Waals surface area contributed by atoms with E-state index >= 15 is 0 Å². The summed E-state index contributed by atoms with van der Waals surface area (Å²) in [6, 6.07) is 12.8. The number of morpholine rings is 1. The van der Waals surface area contributed by atoms with E-state index in [4.69, 9.17) is 4.74 Å². The second-order valence-electron chi connectivity index (χ2n) is 7.56. The van der Waals surface area contributed by atoms with Crippen molar-refractivity contribution in [3.8, 4) is 0 Å². The van der Waals surface area contributed by atoms with Crippen LogP contribution in [0.2, 0.25) is 0 Å². The molecule has 0 radical (unpaired) electrons. The number of rotatable bonds is 4. The van der Waals surface area contributed by atoms with Crippen molar-refractivity contribution in [3.05, 3.63) is 53.6 Å². The minimum atomic E-state index is -3.34. The van der Waals surface area contributed by atoms with Crippen molar-refractivity contribution in [2.24, 2.45) is 0 Å². The molecule has 1 atom stereocenters. The predicted molar refractivity (Wildman–Crippen MR) is 114 cm³/mol. The Morgan fingerprint density at radius 2 is 1.79 bits per heavy atom. The Kier molecular flexibility index (Phi) is 5.23. The van der Waals surface area contributed by atoms with Crippen LogP contribution in [0.25, 0.3) is 0 Å². The van der Waals surface area contributed by atoms with E-state index in [2.05, 4.69) is 10.2 Å². The van der Waals surface area contributed by atoms with Crippen LogP contribution in [-0.2, 0) is 21.2 Å². The standard InChI is InChI=1S/C21H25N3O4S/c1-15-13-17-14-16(3-8-20(17)24(15)29(2,26)27)21(25)22-18-4-6-19(7-5-18)23-9-11-28-12-10-23/h3-8,14-15H,9-13H2,1-2H3,(H,22,25). The summed E-state index contributed by atoms with van der Waals surface area (Å²) in [6.07, 6.45) is 1.80. The van der Waals surface area contributed by atoms with Gasteiger partial charge in [0.2, 0.25) is 10.0 Å². The Bertz CT molecular complexity index is 1010. The average Bonchev–Trinajstić information content (AvgIpc) is 3.04. The zero-order valence-corrected chi connectivity index (χ0v) is 17.4. The molecule has 0 spiro atoms. The van der Waals surface area contributed by atoms with Crippen molar-refractivity contribution in [3.63, 3.8) is 0 Å². The molecular formula is C21H25N3O4S. The van der Waals surface area contributed by atoms with Crippen LogP contribution in [0.1, 0.15) is 22.8 Å². The minimum absolute atomic E-state index is 0.147. The predicted octanol–water partition coefficient (Wildman–Crippen LogP) is 2.49. The molecule has 0 saturated carbocycles. The number of anilines is 3. The first-order valence-electron chi connectivity index (χ1n) is 9.69. The third-order valence-electron chi connectivity index (χ3n) is 5.35. The highest BCUT2D eigenvalue weighted by Crippen LogP contribution is 2.34. The van der Waals surface area contributed by atoms with Crippen molar-refractivity contribution in [2.45, 2.75) is 19.4 Å². The molecule has 1 fully saturated rings. The summed E-state index contributed by atoms with van der Waals surface area (Å²) in [4.78, 5) is 14.9. The molecule has 2 aliphatic rings. The smallest absolute Gasteiger partial charge is 0.255 e. The molecule has 29 heavy (non-hydrogen) atoms. The fourth-order valence-electron chi connectivity index (χ4n) is 4.03. The number of nitrogens with zero attached hydrogens (tertiary/aromatic N) is 2. The summed E-state index contributed by atoms with van der Waals surface area (Å²) in [6.45, 7) is 5.06. The Labute approximate surface area is 171 Å². The summed E-state index contributed by atoms with van der Waals surface area (Å²) in [5.74, 6) is -0.211. The molecular weight excluding hydrogens is 390 g/mol. The van der Waals surface area contributed by atoms with E-state index in [-0.39, 0.29) is 11.9 Å². The maximum Gasteiger partial charge on any atom is 0.255 e. The maximum atomic E-state index is 12.7. The second kappa shape index (κ2) is 7.68. The first-order valence-corrected chi connectivity index (χ1v) is 11.5. The van der Waals surface area contributed by atoms with Crippen molar-refractivity contribution < 1.29 is 17.9 Å². The van der Waals surface area contributed by atoms with Crippen LogP contribution in [0, 0.1) is 0 Å². The van der Waals surface area contributed by atoms with Crippen LogP contribution in [0.4, 0.5) is 17.1 Å². The summed E-state index contributed by atoms with van der Waals surface area (Å²) in [5.41, 5.74) is 3.88. The number of hydrogen-bond donors (Lipinski definition) is 1. The Balaban J connectivity index is 1.47. The number of sulfonamides is 1. The molecule has 1 unspecified atom stereocenters. The fourth-order valence-corrected chi connectivity index (χ4v) is 5.29. The number of benzene rings is 2. The van der Waals surface area contributed by atoms with Gasteiger partial charge in [0, 0.05) is 36.1 Å². The van der Waals surface area contributed by atoms with Gasteiger partial charge in [-0.1, -0.05) is 0 Å². The summed E-state index contributed by atoms with van der Waals surface area (Å²) in [7, 11) is -3.34. The largest absolute Gasteiger partial charge is 0.378 e. The average molecular weight is 416 g/mol. The molecule has 8 heteroatoms. The first-order chi connectivity index (χ1) is 13.8. The van der Waals surface area contributed by atoms with Crippen molar-refractivity contribution in [1.82, 2.24) is 0 Å². The van der Waals surface area contributed by atoms with E-state index in [1.807, 2.05) is 31.2 Å². The lowest BCUT2D eigenvalue weighted by Gasteiger charge is -2.28. The molecule has 0 aromatic heterocycles. The van der Waals surface area contributed by atoms with Gasteiger partial charge in [-0.3, -0.25) is 9.10 Å². The van der Waals surface area contributed by atoms with Gasteiger partial charge < -0.3 is 15.0 Å². The highest BCUT2D eigenvalue weighted by atomic mass is 32.2. The summed E-state index contributed by atoms with van der Waals surface area (Å²) in [5, 5.41) is 2.92. The van der Waals surface area contributed by atoms with E-state index in [1.165, 1.54) is 10.6 Å². The highest BCUT2D eigenvalue weighted by molar-refractivity contribution is 7.92. The van der Waals surface area contributed by atoms with Gasteiger partial charge in [-0.25, -0.2) is 8.42 Å². The highest BCUT2D eigenvalue weighted by Gasteiger charge is 2.32. The Morgan fingerprint density at radius 1 is 1.10 bits per heavy atom. The first kappa shape index (κ1) is 19.7. The van der Waals surface area contributed by atoms with E-state index in [0.717, 1.165) is 43.2 Å². The molecule has 0 bridgehead atoms. The Morgan fingerprint density at radius 3 is 2.45 bits per heavy atom. The lowest BCUT2D eigenvalue weighted by molar-refractivity contribution is 0.102. The topological polar surface area (TPSA) is 79.0 Å². The zero-order chi connectivity index (χ0) is 20.6. The minimum Gasteiger partial charge on any atom is -0.378 e. The maximum absolute atomic E-state index is 12.7. The molecule has 4 rings (SSSR count). The molecule has 7 nitrogen and oxygen atoms in total. The number of hydrogen-bond acceptors (Lipinski definition) is 5. The summed E-state index contributed by atoms with van der Waals surface area (Å²) < 4.78 is 30.9. The van der Waals surface area contributed by atoms with Gasteiger partial charge in [0.25, 0.3) is 5.91 Å². The van der Waals surface area contributed by atoms with Gasteiger partial charge in [-0.05, 0) is 61.4 Å². The fraction of sp³-hybridized carbons (Fsp3) is 0.381. The van der Waals surface area contributed by atoms with Crippen molar-refractivity contribution in [1.29, 1.82) is 0 Å². The number of amides is 1. The number of nitrogens with one attached hydrogen (secondary N) is 1. The van der Waals surface area contributed by atoms with Gasteiger partial charge in [0.05, 0.1) is 25.2 Å². The number of fused-ring (bicyclic) bond motifs is 1.